The monoisotopic (exact) mass is 405 g/mol. The molecule has 0 saturated heterocycles. The zero-order chi connectivity index (χ0) is 20.1. The fraction of sp³-hybridized carbons (Fsp3) is 0.316. The van der Waals surface area contributed by atoms with Crippen LogP contribution < -0.4 is 19.7 Å². The average Bonchev–Trinajstić information content (AvgIpc) is 3.17. The lowest BCUT2D eigenvalue weighted by Gasteiger charge is -2.23. The predicted molar refractivity (Wildman–Crippen MR) is 105 cm³/mol. The van der Waals surface area contributed by atoms with Gasteiger partial charge in [-0.3, -0.25) is 14.9 Å². The number of nitro groups is 1. The van der Waals surface area contributed by atoms with Crippen molar-refractivity contribution in [3.63, 3.8) is 0 Å². The van der Waals surface area contributed by atoms with E-state index >= 15 is 0 Å². The summed E-state index contributed by atoms with van der Waals surface area (Å²) < 4.78 is 10.6. The van der Waals surface area contributed by atoms with Gasteiger partial charge in [-0.2, -0.15) is 0 Å². The topological polar surface area (TPSA) is 93.9 Å². The highest BCUT2D eigenvalue weighted by atomic mass is 35.5. The van der Waals surface area contributed by atoms with E-state index in [1.54, 1.807) is 23.1 Å². The number of nitrogens with zero attached hydrogens (tertiary/aromatic N) is 2. The van der Waals surface area contributed by atoms with Crippen LogP contribution in [0.25, 0.3) is 0 Å². The lowest BCUT2D eigenvalue weighted by atomic mass is 10.1. The lowest BCUT2D eigenvalue weighted by molar-refractivity contribution is -0.384. The third kappa shape index (κ3) is 4.28. The Balaban J connectivity index is 1.82. The minimum Gasteiger partial charge on any atom is -0.454 e. The summed E-state index contributed by atoms with van der Waals surface area (Å²) in [6.45, 7) is 3.04. The number of rotatable bonds is 8. The van der Waals surface area contributed by atoms with Crippen molar-refractivity contribution in [3.8, 4) is 11.5 Å². The molecule has 8 nitrogen and oxygen atoms in total. The van der Waals surface area contributed by atoms with E-state index in [0.29, 0.717) is 23.7 Å². The van der Waals surface area contributed by atoms with Gasteiger partial charge in [0.05, 0.1) is 22.2 Å². The van der Waals surface area contributed by atoms with Crippen molar-refractivity contribution < 1.29 is 19.2 Å². The van der Waals surface area contributed by atoms with Crippen LogP contribution in [0.3, 0.4) is 0 Å². The zero-order valence-electron chi connectivity index (χ0n) is 15.3. The Morgan fingerprint density at radius 3 is 2.75 bits per heavy atom. The number of hydrogen-bond acceptors (Lipinski definition) is 6. The number of nitrogens with one attached hydrogen (secondary N) is 1. The third-order valence-electron chi connectivity index (χ3n) is 4.30. The molecule has 0 unspecified atom stereocenters. The highest BCUT2D eigenvalue weighted by Gasteiger charge is 2.20. The van der Waals surface area contributed by atoms with Gasteiger partial charge in [-0.15, -0.1) is 11.6 Å². The summed E-state index contributed by atoms with van der Waals surface area (Å²) in [6, 6.07) is 9.78. The third-order valence-corrected chi connectivity index (χ3v) is 4.59. The van der Waals surface area contributed by atoms with Gasteiger partial charge in [0, 0.05) is 25.2 Å². The Kier molecular flexibility index (Phi) is 6.20. The predicted octanol–water partition coefficient (Wildman–Crippen LogP) is 3.67. The molecule has 1 heterocycles. The molecule has 28 heavy (non-hydrogen) atoms. The van der Waals surface area contributed by atoms with Gasteiger partial charge in [-0.25, -0.2) is 0 Å². The SMILES string of the molecule is CCCN(CCl)c1ccc([N+](=O)[O-])cc1C(=O)NCc1ccc2c(c1)OCO2. The molecule has 1 N–H and O–H groups in total. The van der Waals surface area contributed by atoms with Crippen LogP contribution in [0.5, 0.6) is 11.5 Å². The van der Waals surface area contributed by atoms with E-state index < -0.39 is 10.8 Å². The number of amides is 1. The molecule has 1 aliphatic heterocycles. The van der Waals surface area contributed by atoms with Gasteiger partial charge in [-0.1, -0.05) is 13.0 Å². The van der Waals surface area contributed by atoms with Gasteiger partial charge < -0.3 is 19.7 Å². The molecule has 9 heteroatoms. The van der Waals surface area contributed by atoms with Crippen LogP contribution in [0.2, 0.25) is 0 Å². The Bertz CT molecular complexity index is 890. The van der Waals surface area contributed by atoms with Crippen molar-refractivity contribution >= 4 is 28.9 Å². The number of ether oxygens (including phenoxy) is 2. The van der Waals surface area contributed by atoms with Crippen LogP contribution in [-0.2, 0) is 6.54 Å². The number of hydrogen-bond donors (Lipinski definition) is 1. The number of anilines is 1. The van der Waals surface area contributed by atoms with Crippen molar-refractivity contribution in [2.75, 3.05) is 24.2 Å². The Morgan fingerprint density at radius 2 is 2.04 bits per heavy atom. The van der Waals surface area contributed by atoms with Gasteiger partial charge in [-0.05, 0) is 30.2 Å². The molecule has 0 radical (unpaired) electrons. The Morgan fingerprint density at radius 1 is 1.25 bits per heavy atom. The van der Waals surface area contributed by atoms with Gasteiger partial charge in [0.15, 0.2) is 11.5 Å². The van der Waals surface area contributed by atoms with E-state index in [2.05, 4.69) is 5.32 Å². The first kappa shape index (κ1) is 19.8. The highest BCUT2D eigenvalue weighted by Crippen LogP contribution is 2.32. The van der Waals surface area contributed by atoms with Gasteiger partial charge in [0.1, 0.15) is 0 Å². The van der Waals surface area contributed by atoms with Crippen LogP contribution in [0.4, 0.5) is 11.4 Å². The van der Waals surface area contributed by atoms with Crippen LogP contribution >= 0.6 is 11.6 Å². The van der Waals surface area contributed by atoms with Gasteiger partial charge >= 0.3 is 0 Å². The first-order chi connectivity index (χ1) is 13.5. The Labute approximate surface area is 167 Å². The van der Waals surface area contributed by atoms with E-state index in [-0.39, 0.29) is 30.6 Å². The number of fused-ring (bicyclic) bond motifs is 1. The molecule has 0 saturated carbocycles. The standard InChI is InChI=1S/C19H20ClN3O5/c1-2-7-22(11-20)16-5-4-14(23(25)26)9-15(16)19(24)21-10-13-3-6-17-18(8-13)28-12-27-17/h3-6,8-9H,2,7,10-12H2,1H3,(H,21,24). The number of halogens is 1. The number of non-ortho nitro benzene ring substituents is 1. The summed E-state index contributed by atoms with van der Waals surface area (Å²) in [7, 11) is 0. The maximum atomic E-state index is 12.8. The minimum absolute atomic E-state index is 0.150. The van der Waals surface area contributed by atoms with Crippen LogP contribution in [0.15, 0.2) is 36.4 Å². The molecule has 0 spiro atoms. The molecular weight excluding hydrogens is 386 g/mol. The molecule has 2 aromatic rings. The van der Waals surface area contributed by atoms with Crippen LogP contribution in [0, 0.1) is 10.1 Å². The normalized spacial score (nSPS) is 11.9. The maximum absolute atomic E-state index is 12.8. The van der Waals surface area contributed by atoms with E-state index in [4.69, 9.17) is 21.1 Å². The second kappa shape index (κ2) is 8.79. The fourth-order valence-corrected chi connectivity index (χ4v) is 3.19. The lowest BCUT2D eigenvalue weighted by Crippen LogP contribution is -2.28. The van der Waals surface area contributed by atoms with Crippen molar-refractivity contribution in [1.29, 1.82) is 0 Å². The first-order valence-corrected chi connectivity index (χ1v) is 9.33. The summed E-state index contributed by atoms with van der Waals surface area (Å²) in [5.74, 6) is 0.870. The van der Waals surface area contributed by atoms with Gasteiger partial charge in [0.25, 0.3) is 11.6 Å². The summed E-state index contributed by atoms with van der Waals surface area (Å²) in [5, 5.41) is 14.0. The van der Waals surface area contributed by atoms with Crippen LogP contribution in [-0.4, -0.2) is 30.2 Å². The Hall–Kier alpha value is -3.00. The summed E-state index contributed by atoms with van der Waals surface area (Å²) in [5.41, 5.74) is 1.45. The number of alkyl halides is 1. The van der Waals surface area contributed by atoms with E-state index in [1.165, 1.54) is 12.1 Å². The molecule has 2 aromatic carbocycles. The second-order valence-electron chi connectivity index (χ2n) is 6.21. The molecule has 1 amide bonds. The zero-order valence-corrected chi connectivity index (χ0v) is 16.1. The highest BCUT2D eigenvalue weighted by molar-refractivity contribution is 6.19. The number of benzene rings is 2. The average molecular weight is 406 g/mol. The largest absolute Gasteiger partial charge is 0.454 e. The molecule has 0 aliphatic carbocycles. The van der Waals surface area contributed by atoms with Crippen molar-refractivity contribution in [1.82, 2.24) is 5.32 Å². The molecule has 148 valence electrons. The van der Waals surface area contributed by atoms with Crippen molar-refractivity contribution in [2.45, 2.75) is 19.9 Å². The molecule has 0 aromatic heterocycles. The molecule has 3 rings (SSSR count). The van der Waals surface area contributed by atoms with Crippen molar-refractivity contribution in [2.24, 2.45) is 0 Å². The maximum Gasteiger partial charge on any atom is 0.270 e. The fourth-order valence-electron chi connectivity index (χ4n) is 2.94. The number of nitro benzene ring substituents is 1. The molecule has 0 bridgehead atoms. The van der Waals surface area contributed by atoms with E-state index in [0.717, 1.165) is 12.0 Å². The summed E-state index contributed by atoms with van der Waals surface area (Å²) in [4.78, 5) is 25.2. The minimum atomic E-state index is -0.525. The quantitative estimate of drug-likeness (QED) is 0.311. The molecule has 0 atom stereocenters. The van der Waals surface area contributed by atoms with Crippen molar-refractivity contribution in [3.05, 3.63) is 57.6 Å². The van der Waals surface area contributed by atoms with E-state index in [9.17, 15) is 14.9 Å². The molecular formula is C19H20ClN3O5. The number of carbonyl (C=O) groups is 1. The smallest absolute Gasteiger partial charge is 0.270 e. The molecule has 1 aliphatic rings. The van der Waals surface area contributed by atoms with Crippen LogP contribution in [0.1, 0.15) is 29.3 Å². The molecule has 0 fully saturated rings. The number of carbonyl (C=O) groups excluding carboxylic acids is 1. The first-order valence-electron chi connectivity index (χ1n) is 8.79. The second-order valence-corrected chi connectivity index (χ2v) is 6.45. The summed E-state index contributed by atoms with van der Waals surface area (Å²) >= 11 is 6.02. The van der Waals surface area contributed by atoms with E-state index in [1.807, 2.05) is 13.0 Å². The summed E-state index contributed by atoms with van der Waals surface area (Å²) in [6.07, 6.45) is 0.821. The van der Waals surface area contributed by atoms with Gasteiger partial charge in [0.2, 0.25) is 6.79 Å².